The molecule has 1 amide bonds. The fourth-order valence-corrected chi connectivity index (χ4v) is 10.4. The Kier molecular flexibility index (Phi) is 50.3. The summed E-state index contributed by atoms with van der Waals surface area (Å²) in [6, 6.07) is -1.03. The maximum absolute atomic E-state index is 13.4. The quantitative estimate of drug-likeness (QED) is 0.0199. The van der Waals surface area contributed by atoms with Crippen molar-refractivity contribution < 1.29 is 89.4 Å². The zero-order valence-corrected chi connectivity index (χ0v) is 57.7. The molecule has 3 rings (SSSR count). The molecule has 3 aliphatic heterocycles. The Morgan fingerprint density at radius 1 is 0.381 bits per heavy atom. The van der Waals surface area contributed by atoms with Gasteiger partial charge in [-0.05, 0) is 135 Å². The topological polar surface area (TPSA) is 307 Å². The summed E-state index contributed by atoms with van der Waals surface area (Å²) in [5, 5.41) is 120. The smallest absolute Gasteiger partial charge is 0.220 e. The lowest BCUT2D eigenvalue weighted by Gasteiger charge is -2.48. The van der Waals surface area contributed by atoms with E-state index in [0.717, 1.165) is 116 Å². The van der Waals surface area contributed by atoms with Gasteiger partial charge in [-0.3, -0.25) is 4.79 Å². The number of carbonyl (C=O) groups excluding carboxylic acids is 1. The van der Waals surface area contributed by atoms with E-state index in [9.17, 15) is 61.0 Å². The molecule has 97 heavy (non-hydrogen) atoms. The number of amides is 1. The SMILES string of the molecule is CC/C=C\C/C=C\C/C=C\C/C=C\C/C=C\C/C=C\C/C=C\C/C=C\C/C=C\C/C=C\C/C=C\C/C=C\CCCCC(=O)NC(COC1OC(CO)C(OC2OC(CO)C(OC3OC(CO)C(O)C(O)C3O)C(O)C2O)C(O)C1O)C(O)/C=C/CC/C=C/CC/C=C/CCCCC. The molecule has 0 aromatic heterocycles. The Morgan fingerprint density at radius 3 is 1.11 bits per heavy atom. The first kappa shape index (κ1) is 86.1. The van der Waals surface area contributed by atoms with Crippen LogP contribution in [0.4, 0.5) is 0 Å². The minimum Gasteiger partial charge on any atom is -0.394 e. The second-order valence-electron chi connectivity index (χ2n) is 24.2. The van der Waals surface area contributed by atoms with Gasteiger partial charge < -0.3 is 89.9 Å². The van der Waals surface area contributed by atoms with E-state index in [2.05, 4.69) is 189 Å². The molecule has 0 spiro atoms. The van der Waals surface area contributed by atoms with Gasteiger partial charge in [0.25, 0.3) is 0 Å². The number of aliphatic hydroxyl groups excluding tert-OH is 11. The van der Waals surface area contributed by atoms with E-state index in [1.807, 2.05) is 0 Å². The molecule has 12 N–H and O–H groups in total. The molecule has 0 radical (unpaired) electrons. The molecule has 0 aromatic rings. The van der Waals surface area contributed by atoms with Crippen molar-refractivity contribution in [2.45, 2.75) is 272 Å². The minimum atomic E-state index is -2.00. The van der Waals surface area contributed by atoms with Gasteiger partial charge in [0.15, 0.2) is 18.9 Å². The summed E-state index contributed by atoms with van der Waals surface area (Å²) in [4.78, 5) is 13.4. The molecule has 17 unspecified atom stereocenters. The Balaban J connectivity index is 1.39. The predicted molar refractivity (Wildman–Crippen MR) is 382 cm³/mol. The summed E-state index contributed by atoms with van der Waals surface area (Å²) in [5.74, 6) is -0.342. The van der Waals surface area contributed by atoms with E-state index in [-0.39, 0.29) is 12.3 Å². The van der Waals surface area contributed by atoms with Crippen LogP contribution in [-0.4, -0.2) is 193 Å². The first-order valence-corrected chi connectivity index (χ1v) is 35.5. The monoisotopic (exact) mass is 1360 g/mol. The molecular formula is C78H121NO18. The fraction of sp³-hybridized carbons (Fsp3) is 0.603. The van der Waals surface area contributed by atoms with Crippen molar-refractivity contribution in [3.8, 4) is 0 Å². The summed E-state index contributed by atoms with van der Waals surface area (Å²) < 4.78 is 34.2. The molecule has 0 saturated carbocycles. The molecular weight excluding hydrogens is 1240 g/mol. The molecule has 0 aromatic carbocycles. The maximum Gasteiger partial charge on any atom is 0.220 e. The number of aliphatic hydroxyl groups is 11. The number of carbonyl (C=O) groups is 1. The van der Waals surface area contributed by atoms with Gasteiger partial charge in [0.2, 0.25) is 5.91 Å². The minimum absolute atomic E-state index is 0.163. The summed E-state index contributed by atoms with van der Waals surface area (Å²) in [7, 11) is 0. The maximum atomic E-state index is 13.4. The lowest BCUT2D eigenvalue weighted by molar-refractivity contribution is -0.379. The van der Waals surface area contributed by atoms with E-state index in [0.29, 0.717) is 12.8 Å². The number of allylic oxidation sites excluding steroid dienone is 29. The van der Waals surface area contributed by atoms with Crippen molar-refractivity contribution in [2.24, 2.45) is 0 Å². The molecule has 19 nitrogen and oxygen atoms in total. The predicted octanol–water partition coefficient (Wildman–Crippen LogP) is 10.0. The van der Waals surface area contributed by atoms with Crippen LogP contribution in [0.5, 0.6) is 0 Å². The van der Waals surface area contributed by atoms with Crippen molar-refractivity contribution in [1.29, 1.82) is 0 Å². The average Bonchev–Trinajstić information content (AvgIpc) is 0.809. The molecule has 0 bridgehead atoms. The van der Waals surface area contributed by atoms with Gasteiger partial charge in [0.1, 0.15) is 73.2 Å². The van der Waals surface area contributed by atoms with E-state index in [1.165, 1.54) is 19.3 Å². The van der Waals surface area contributed by atoms with Gasteiger partial charge in [-0.2, -0.15) is 0 Å². The standard InChI is InChI=1S/C78H121NO18/c1-3-5-7-9-11-13-15-17-18-19-20-21-22-23-24-25-26-27-28-29-30-31-32-33-34-35-36-37-38-39-40-41-42-44-46-48-50-52-54-56-66(84)79-61(62(83)55-53-51-49-47-45-43-16-14-12-10-8-6-4-2)60-92-76-72(90)69(87)74(64(58-81)94-76)97-78-73(91)70(88)75(65(59-82)95-78)96-77-71(89)68(86)67(85)63(57-80)93-77/h5,7,11-14,17-18,20-21,23-24,26-27,29-30,32-33,35-36,38-39,41-42,45-48,53,55,61-65,67-78,80-83,85-91H,3-4,6,8-10,15-16,19,22,25,28,31,34,37,40,43-44,49-52,54,56-60H2,1-2H3,(H,79,84)/b7-5-,13-11-,14-12+,18-17-,21-20-,24-23-,27-26-,30-29-,33-32-,36-35-,39-38-,42-41-,47-45+,48-46-,55-53+. The number of nitrogens with one attached hydrogen (secondary N) is 1. The third-order valence-corrected chi connectivity index (χ3v) is 16.2. The molecule has 3 fully saturated rings. The first-order valence-electron chi connectivity index (χ1n) is 35.5. The van der Waals surface area contributed by atoms with E-state index in [1.54, 1.807) is 12.2 Å². The second-order valence-corrected chi connectivity index (χ2v) is 24.2. The summed E-state index contributed by atoms with van der Waals surface area (Å²) in [5.41, 5.74) is 0. The molecule has 3 heterocycles. The van der Waals surface area contributed by atoms with E-state index >= 15 is 0 Å². The molecule has 19 heteroatoms. The van der Waals surface area contributed by atoms with Crippen LogP contribution < -0.4 is 5.32 Å². The Labute approximate surface area is 579 Å². The number of rotatable bonds is 51. The van der Waals surface area contributed by atoms with Crippen molar-refractivity contribution in [3.05, 3.63) is 182 Å². The van der Waals surface area contributed by atoms with Crippen LogP contribution >= 0.6 is 0 Å². The van der Waals surface area contributed by atoms with Gasteiger partial charge in [-0.1, -0.05) is 209 Å². The molecule has 17 atom stereocenters. The molecule has 3 saturated heterocycles. The molecule has 3 aliphatic rings. The number of hydrogen-bond acceptors (Lipinski definition) is 18. The lowest BCUT2D eigenvalue weighted by Crippen LogP contribution is -2.66. The number of unbranched alkanes of at least 4 members (excludes halogenated alkanes) is 7. The first-order chi connectivity index (χ1) is 47.3. The van der Waals surface area contributed by atoms with Crippen LogP contribution in [0.25, 0.3) is 0 Å². The second kappa shape index (κ2) is 56.6. The van der Waals surface area contributed by atoms with Crippen molar-refractivity contribution in [2.75, 3.05) is 26.4 Å². The van der Waals surface area contributed by atoms with Gasteiger partial charge in [-0.25, -0.2) is 0 Å². The Hall–Kier alpha value is -5.11. The van der Waals surface area contributed by atoms with Crippen molar-refractivity contribution in [3.63, 3.8) is 0 Å². The summed E-state index contributed by atoms with van der Waals surface area (Å²) >= 11 is 0. The van der Waals surface area contributed by atoms with E-state index in [4.69, 9.17) is 28.4 Å². The van der Waals surface area contributed by atoms with Crippen LogP contribution in [0.2, 0.25) is 0 Å². The van der Waals surface area contributed by atoms with Crippen LogP contribution in [0.1, 0.15) is 168 Å². The highest BCUT2D eigenvalue weighted by molar-refractivity contribution is 5.76. The third-order valence-electron chi connectivity index (χ3n) is 16.2. The van der Waals surface area contributed by atoms with Crippen molar-refractivity contribution >= 4 is 5.91 Å². The zero-order chi connectivity index (χ0) is 70.4. The van der Waals surface area contributed by atoms with Gasteiger partial charge in [0.05, 0.1) is 38.6 Å². The van der Waals surface area contributed by atoms with Crippen LogP contribution in [-0.2, 0) is 33.2 Å². The summed E-state index contributed by atoms with van der Waals surface area (Å²) in [6.07, 6.45) is 58.9. The van der Waals surface area contributed by atoms with E-state index < -0.39 is 131 Å². The largest absolute Gasteiger partial charge is 0.394 e. The van der Waals surface area contributed by atoms with Crippen molar-refractivity contribution in [1.82, 2.24) is 5.32 Å². The number of ether oxygens (including phenoxy) is 6. The van der Waals surface area contributed by atoms with Crippen LogP contribution in [0, 0.1) is 0 Å². The fourth-order valence-electron chi connectivity index (χ4n) is 10.4. The average molecular weight is 1360 g/mol. The van der Waals surface area contributed by atoms with Crippen LogP contribution in [0.15, 0.2) is 182 Å². The highest BCUT2D eigenvalue weighted by atomic mass is 16.8. The zero-order valence-electron chi connectivity index (χ0n) is 57.7. The Morgan fingerprint density at radius 2 is 0.711 bits per heavy atom. The summed E-state index contributed by atoms with van der Waals surface area (Å²) in [6.45, 7) is 1.47. The number of hydrogen-bond donors (Lipinski definition) is 12. The normalized spacial score (nSPS) is 28.0. The van der Waals surface area contributed by atoms with Gasteiger partial charge in [0, 0.05) is 6.42 Å². The Bertz CT molecular complexity index is 2470. The lowest BCUT2D eigenvalue weighted by atomic mass is 9.96. The molecule has 0 aliphatic carbocycles. The van der Waals surface area contributed by atoms with Gasteiger partial charge >= 0.3 is 0 Å². The molecule has 546 valence electrons. The highest BCUT2D eigenvalue weighted by Gasteiger charge is 2.53. The third kappa shape index (κ3) is 37.8. The highest BCUT2D eigenvalue weighted by Crippen LogP contribution is 2.33. The van der Waals surface area contributed by atoms with Crippen LogP contribution in [0.3, 0.4) is 0 Å². The van der Waals surface area contributed by atoms with Gasteiger partial charge in [-0.15, -0.1) is 0 Å².